The molecule has 9 rings (SSSR count). The Labute approximate surface area is 374 Å². The highest BCUT2D eigenvalue weighted by Gasteiger charge is 2.72. The van der Waals surface area contributed by atoms with Gasteiger partial charge in [-0.1, -0.05) is 79.2 Å². The fourth-order valence-corrected chi connectivity index (χ4v) is 11.3. The Hall–Kier alpha value is -5.63. The van der Waals surface area contributed by atoms with Crippen LogP contribution in [0.25, 0.3) is 0 Å². The van der Waals surface area contributed by atoms with Gasteiger partial charge in [0, 0.05) is 58.5 Å². The number of halogens is 3. The molecule has 4 heterocycles. The van der Waals surface area contributed by atoms with Gasteiger partial charge in [-0.15, -0.1) is 0 Å². The number of aryl methyl sites for hydroxylation is 1. The number of fused-ring (bicyclic) bond motifs is 4. The number of piperidine rings is 1. The second-order valence-electron chi connectivity index (χ2n) is 17.3. The van der Waals surface area contributed by atoms with Crippen LogP contribution in [0, 0.1) is 5.82 Å². The van der Waals surface area contributed by atoms with Gasteiger partial charge in [-0.25, -0.2) is 4.39 Å². The van der Waals surface area contributed by atoms with Gasteiger partial charge in [0.05, 0.1) is 11.1 Å². The molecule has 12 nitrogen and oxygen atoms in total. The summed E-state index contributed by atoms with van der Waals surface area (Å²) in [5.41, 5.74) is 2.55. The van der Waals surface area contributed by atoms with Crippen LogP contribution in [0.4, 0.5) is 15.8 Å². The number of amides is 6. The van der Waals surface area contributed by atoms with E-state index < -0.39 is 46.6 Å². The molecule has 15 heteroatoms. The van der Waals surface area contributed by atoms with Gasteiger partial charge in [0.15, 0.2) is 0 Å². The zero-order valence-corrected chi connectivity index (χ0v) is 36.0. The van der Waals surface area contributed by atoms with Crippen molar-refractivity contribution in [2.75, 3.05) is 17.2 Å². The molecular formula is C48H47Cl2FN6O6. The summed E-state index contributed by atoms with van der Waals surface area (Å²) in [6, 6.07) is 20.4. The van der Waals surface area contributed by atoms with Crippen LogP contribution in [0.1, 0.15) is 113 Å². The minimum atomic E-state index is -1.36. The molecule has 63 heavy (non-hydrogen) atoms. The average Bonchev–Trinajstić information content (AvgIpc) is 3.87. The number of nitrogens with one attached hydrogen (secondary N) is 5. The summed E-state index contributed by atoms with van der Waals surface area (Å²) >= 11 is 12.8. The smallest absolute Gasteiger partial charge is 0.255 e. The summed E-state index contributed by atoms with van der Waals surface area (Å²) in [4.78, 5) is 81.2. The SMILES string of the molecule is O=C1CCC(N2Cc3c(CCCCCNC(=O)c4ccc(NC(=O)C5NC6(CCCCC6)C6(C(=O)Nc7cc(Cl)ccc76)C5c5cccc(Cl)c5F)cc4)cccc3C2=O)C(=O)N1. The predicted molar refractivity (Wildman–Crippen MR) is 236 cm³/mol. The maximum atomic E-state index is 16.2. The lowest BCUT2D eigenvalue weighted by Gasteiger charge is -2.47. The fraction of sp³-hybridized carbons (Fsp3) is 0.375. The molecule has 3 fully saturated rings. The first-order valence-corrected chi connectivity index (χ1v) is 22.4. The lowest BCUT2D eigenvalue weighted by Crippen LogP contribution is -2.60. The summed E-state index contributed by atoms with van der Waals surface area (Å²) in [5, 5.41) is 15.3. The number of hydrogen-bond donors (Lipinski definition) is 5. The summed E-state index contributed by atoms with van der Waals surface area (Å²) in [6.07, 6.45) is 7.46. The number of nitrogens with zero attached hydrogens (tertiary/aromatic N) is 1. The van der Waals surface area contributed by atoms with Crippen LogP contribution in [0.15, 0.2) is 78.9 Å². The van der Waals surface area contributed by atoms with Crippen molar-refractivity contribution in [3.63, 3.8) is 0 Å². The number of imide groups is 1. The second kappa shape index (κ2) is 17.2. The molecule has 326 valence electrons. The van der Waals surface area contributed by atoms with Crippen LogP contribution in [-0.4, -0.2) is 64.5 Å². The third-order valence-electron chi connectivity index (χ3n) is 13.8. The summed E-state index contributed by atoms with van der Waals surface area (Å²) in [7, 11) is 0. The summed E-state index contributed by atoms with van der Waals surface area (Å²) < 4.78 is 16.2. The molecular weight excluding hydrogens is 846 g/mol. The Kier molecular flexibility index (Phi) is 11.6. The monoisotopic (exact) mass is 892 g/mol. The van der Waals surface area contributed by atoms with Crippen LogP contribution in [-0.2, 0) is 37.6 Å². The minimum absolute atomic E-state index is 0.106. The second-order valence-corrected chi connectivity index (χ2v) is 18.2. The summed E-state index contributed by atoms with van der Waals surface area (Å²) in [6.45, 7) is 0.786. The zero-order chi connectivity index (χ0) is 44.0. The van der Waals surface area contributed by atoms with Crippen molar-refractivity contribution in [2.45, 2.75) is 106 Å². The molecule has 5 N–H and O–H groups in total. The molecule has 0 aromatic heterocycles. The van der Waals surface area contributed by atoms with E-state index in [1.54, 1.807) is 59.5 Å². The van der Waals surface area contributed by atoms with E-state index in [1.807, 2.05) is 18.2 Å². The molecule has 0 bridgehead atoms. The number of carbonyl (C=O) groups excluding carboxylic acids is 6. The van der Waals surface area contributed by atoms with Gasteiger partial charge in [-0.2, -0.15) is 0 Å². The highest BCUT2D eigenvalue weighted by atomic mass is 35.5. The first kappa shape index (κ1) is 42.7. The maximum Gasteiger partial charge on any atom is 0.255 e. The van der Waals surface area contributed by atoms with E-state index in [4.69, 9.17) is 23.2 Å². The molecule has 4 aromatic carbocycles. The topological polar surface area (TPSA) is 166 Å². The van der Waals surface area contributed by atoms with Crippen molar-refractivity contribution >= 4 is 70.0 Å². The molecule has 1 saturated carbocycles. The lowest BCUT2D eigenvalue weighted by atomic mass is 9.55. The van der Waals surface area contributed by atoms with E-state index >= 15 is 4.39 Å². The van der Waals surface area contributed by atoms with E-state index in [-0.39, 0.29) is 40.6 Å². The molecule has 6 amide bonds. The summed E-state index contributed by atoms with van der Waals surface area (Å²) in [5.74, 6) is -3.63. The molecule has 4 aromatic rings. The molecule has 4 unspecified atom stereocenters. The van der Waals surface area contributed by atoms with Gasteiger partial charge < -0.3 is 20.9 Å². The number of anilines is 2. The number of benzene rings is 4. The van der Waals surface area contributed by atoms with Gasteiger partial charge in [0.25, 0.3) is 11.8 Å². The van der Waals surface area contributed by atoms with Crippen molar-refractivity contribution in [1.82, 2.24) is 20.9 Å². The van der Waals surface area contributed by atoms with E-state index in [0.717, 1.165) is 56.1 Å². The Balaban J connectivity index is 0.836. The quantitative estimate of drug-likeness (QED) is 0.0778. The first-order valence-electron chi connectivity index (χ1n) is 21.7. The van der Waals surface area contributed by atoms with Crippen LogP contribution in [0.3, 0.4) is 0 Å². The van der Waals surface area contributed by atoms with Gasteiger partial charge in [0.2, 0.25) is 23.6 Å². The van der Waals surface area contributed by atoms with E-state index in [1.165, 1.54) is 6.07 Å². The molecule has 2 saturated heterocycles. The molecule has 4 aliphatic heterocycles. The van der Waals surface area contributed by atoms with Crippen molar-refractivity contribution < 1.29 is 33.2 Å². The number of unbranched alkanes of at least 4 members (excludes halogenated alkanes) is 2. The lowest BCUT2D eigenvalue weighted by molar-refractivity contribution is -0.137. The van der Waals surface area contributed by atoms with Crippen molar-refractivity contribution in [2.24, 2.45) is 0 Å². The minimum Gasteiger partial charge on any atom is -0.352 e. The standard InChI is InChI=1S/C48H47Cl2FN6O6/c49-29-16-19-34-36(25-29)54-46(63)48(34)39(32-12-8-13-35(50)40(32)51)41(56-47(48)22-4-2-5-23-47)44(61)53-30-17-14-28(15-18-30)42(59)52-24-6-1-3-9-27-10-7-11-31-33(27)26-57(45(31)62)37-20-21-38(58)55-43(37)60/h7-8,10-19,25,37,39,41,56H,1-6,9,20-24,26H2,(H,52,59)(H,53,61)(H,54,63)(H,55,58,60). The number of rotatable bonds is 11. The van der Waals surface area contributed by atoms with Gasteiger partial charge in [-0.05, 0) is 109 Å². The first-order chi connectivity index (χ1) is 30.4. The molecule has 1 aliphatic carbocycles. The van der Waals surface area contributed by atoms with Crippen LogP contribution >= 0.6 is 23.2 Å². The Morgan fingerprint density at radius 2 is 1.65 bits per heavy atom. The highest BCUT2D eigenvalue weighted by molar-refractivity contribution is 6.31. The Morgan fingerprint density at radius 3 is 2.43 bits per heavy atom. The van der Waals surface area contributed by atoms with Crippen molar-refractivity contribution in [3.05, 3.63) is 128 Å². The van der Waals surface area contributed by atoms with Crippen molar-refractivity contribution in [3.8, 4) is 0 Å². The van der Waals surface area contributed by atoms with E-state index in [2.05, 4.69) is 26.6 Å². The Morgan fingerprint density at radius 1 is 0.873 bits per heavy atom. The third-order valence-corrected chi connectivity index (χ3v) is 14.3. The zero-order valence-electron chi connectivity index (χ0n) is 34.5. The van der Waals surface area contributed by atoms with E-state index in [0.29, 0.717) is 65.4 Å². The number of carbonyl (C=O) groups is 6. The third kappa shape index (κ3) is 7.47. The largest absolute Gasteiger partial charge is 0.352 e. The number of hydrogen-bond acceptors (Lipinski definition) is 7. The molecule has 4 atom stereocenters. The normalized spacial score (nSPS) is 23.4. The average molecular weight is 894 g/mol. The van der Waals surface area contributed by atoms with Gasteiger partial charge in [0.1, 0.15) is 17.3 Å². The van der Waals surface area contributed by atoms with Crippen molar-refractivity contribution in [1.29, 1.82) is 0 Å². The molecule has 5 aliphatic rings. The molecule has 2 spiro atoms. The van der Waals surface area contributed by atoms with Gasteiger partial charge >= 0.3 is 0 Å². The Bertz CT molecular complexity index is 2550. The van der Waals surface area contributed by atoms with E-state index in [9.17, 15) is 28.8 Å². The van der Waals surface area contributed by atoms with Crippen LogP contribution in [0.2, 0.25) is 10.0 Å². The van der Waals surface area contributed by atoms with Crippen LogP contribution in [0.5, 0.6) is 0 Å². The fourth-order valence-electron chi connectivity index (χ4n) is 10.9. The van der Waals surface area contributed by atoms with Crippen LogP contribution < -0.4 is 26.6 Å². The van der Waals surface area contributed by atoms with Gasteiger partial charge in [-0.3, -0.25) is 39.4 Å². The highest BCUT2D eigenvalue weighted by Crippen LogP contribution is 2.63. The maximum absolute atomic E-state index is 16.2. The molecule has 0 radical (unpaired) electrons. The predicted octanol–water partition coefficient (Wildman–Crippen LogP) is 7.32.